The Hall–Kier alpha value is -1.24. The molecule has 2 rings (SSSR count). The number of hydrogen-bond acceptors (Lipinski definition) is 4. The van der Waals surface area contributed by atoms with Gasteiger partial charge in [0.25, 0.3) is 0 Å². The second kappa shape index (κ2) is 6.03. The van der Waals surface area contributed by atoms with E-state index in [0.29, 0.717) is 6.54 Å². The Morgan fingerprint density at radius 1 is 1.45 bits per heavy atom. The zero-order chi connectivity index (χ0) is 14.8. The number of nitrogens with zero attached hydrogens (tertiary/aromatic N) is 1. The van der Waals surface area contributed by atoms with E-state index in [0.717, 1.165) is 20.6 Å². The summed E-state index contributed by atoms with van der Waals surface area (Å²) in [5.41, 5.74) is 8.60. The van der Waals surface area contributed by atoms with Crippen molar-refractivity contribution in [3.8, 4) is 0 Å². The maximum atomic E-state index is 12.3. The first-order chi connectivity index (χ1) is 9.41. The molecule has 1 heterocycles. The standard InChI is InChI=1S/C14H16BrN3OS/c1-9-12(20-8-18-9)7-17-13(19)14(2,16)10-3-5-11(15)6-4-10/h3-6,8H,7,16H2,1-2H3,(H,17,19). The molecular weight excluding hydrogens is 338 g/mol. The number of thiazole rings is 1. The number of rotatable bonds is 4. The molecule has 3 N–H and O–H groups in total. The molecule has 0 fully saturated rings. The Bertz CT molecular complexity index is 607. The molecule has 0 radical (unpaired) electrons. The largest absolute Gasteiger partial charge is 0.349 e. The molecular formula is C14H16BrN3OS. The minimum atomic E-state index is -1.06. The number of benzene rings is 1. The van der Waals surface area contributed by atoms with Crippen LogP contribution in [-0.4, -0.2) is 10.9 Å². The number of nitrogens with one attached hydrogen (secondary N) is 1. The minimum Gasteiger partial charge on any atom is -0.349 e. The quantitative estimate of drug-likeness (QED) is 0.887. The molecule has 1 amide bonds. The number of carbonyl (C=O) groups is 1. The summed E-state index contributed by atoms with van der Waals surface area (Å²) in [6.45, 7) is 4.10. The van der Waals surface area contributed by atoms with Gasteiger partial charge in [0.05, 0.1) is 17.7 Å². The van der Waals surface area contributed by atoms with Crippen LogP contribution in [0.5, 0.6) is 0 Å². The van der Waals surface area contributed by atoms with Gasteiger partial charge in [0.15, 0.2) is 0 Å². The fraction of sp³-hybridized carbons (Fsp3) is 0.286. The predicted molar refractivity (Wildman–Crippen MR) is 84.4 cm³/mol. The molecule has 0 saturated heterocycles. The van der Waals surface area contributed by atoms with Gasteiger partial charge in [-0.15, -0.1) is 11.3 Å². The molecule has 0 bridgehead atoms. The number of carbonyl (C=O) groups excluding carboxylic acids is 1. The summed E-state index contributed by atoms with van der Waals surface area (Å²) in [6.07, 6.45) is 0. The van der Waals surface area contributed by atoms with Crippen LogP contribution < -0.4 is 11.1 Å². The average molecular weight is 354 g/mol. The Balaban J connectivity index is 2.07. The lowest BCUT2D eigenvalue weighted by Crippen LogP contribution is -2.48. The zero-order valence-electron chi connectivity index (χ0n) is 11.3. The van der Waals surface area contributed by atoms with Crippen molar-refractivity contribution in [1.82, 2.24) is 10.3 Å². The summed E-state index contributed by atoms with van der Waals surface area (Å²) in [6, 6.07) is 7.45. The lowest BCUT2D eigenvalue weighted by atomic mass is 9.92. The van der Waals surface area contributed by atoms with Gasteiger partial charge in [0.2, 0.25) is 5.91 Å². The van der Waals surface area contributed by atoms with Crippen LogP contribution in [0.2, 0.25) is 0 Å². The minimum absolute atomic E-state index is 0.201. The van der Waals surface area contributed by atoms with E-state index >= 15 is 0 Å². The third kappa shape index (κ3) is 3.26. The number of halogens is 1. The van der Waals surface area contributed by atoms with Gasteiger partial charge in [-0.1, -0.05) is 28.1 Å². The molecule has 20 heavy (non-hydrogen) atoms. The van der Waals surface area contributed by atoms with Crippen molar-refractivity contribution in [3.63, 3.8) is 0 Å². The lowest BCUT2D eigenvalue weighted by molar-refractivity contribution is -0.126. The predicted octanol–water partition coefficient (Wildman–Crippen LogP) is 2.70. The molecule has 0 aliphatic heterocycles. The fourth-order valence-electron chi connectivity index (χ4n) is 1.77. The summed E-state index contributed by atoms with van der Waals surface area (Å²) in [7, 11) is 0. The summed E-state index contributed by atoms with van der Waals surface area (Å²) in [5, 5.41) is 2.87. The van der Waals surface area contributed by atoms with E-state index in [4.69, 9.17) is 5.73 Å². The van der Waals surface area contributed by atoms with Crippen LogP contribution in [0.1, 0.15) is 23.1 Å². The van der Waals surface area contributed by atoms with Crippen LogP contribution in [0.25, 0.3) is 0 Å². The Morgan fingerprint density at radius 3 is 2.65 bits per heavy atom. The van der Waals surface area contributed by atoms with Gasteiger partial charge in [0, 0.05) is 9.35 Å². The SMILES string of the molecule is Cc1ncsc1CNC(=O)C(C)(N)c1ccc(Br)cc1. The second-order valence-corrected chi connectivity index (χ2v) is 6.61. The van der Waals surface area contributed by atoms with E-state index in [1.54, 1.807) is 12.4 Å². The van der Waals surface area contributed by atoms with Gasteiger partial charge in [-0.3, -0.25) is 4.79 Å². The van der Waals surface area contributed by atoms with Crippen LogP contribution in [0.4, 0.5) is 0 Å². The van der Waals surface area contributed by atoms with Crippen molar-refractivity contribution in [2.24, 2.45) is 5.73 Å². The summed E-state index contributed by atoms with van der Waals surface area (Å²) in [4.78, 5) is 17.5. The number of nitrogens with two attached hydrogens (primary N) is 1. The molecule has 1 aromatic carbocycles. The van der Waals surface area contributed by atoms with E-state index in [-0.39, 0.29) is 5.91 Å². The van der Waals surface area contributed by atoms with Crippen LogP contribution in [0.15, 0.2) is 34.2 Å². The van der Waals surface area contributed by atoms with Crippen molar-refractivity contribution in [2.75, 3.05) is 0 Å². The normalized spacial score (nSPS) is 13.8. The van der Waals surface area contributed by atoms with E-state index in [9.17, 15) is 4.79 Å². The second-order valence-electron chi connectivity index (χ2n) is 4.75. The van der Waals surface area contributed by atoms with Gasteiger partial charge < -0.3 is 11.1 Å². The molecule has 1 atom stereocenters. The van der Waals surface area contributed by atoms with Gasteiger partial charge in [-0.05, 0) is 31.5 Å². The average Bonchev–Trinajstić information content (AvgIpc) is 2.82. The number of aryl methyl sites for hydroxylation is 1. The van der Waals surface area contributed by atoms with Crippen molar-refractivity contribution in [1.29, 1.82) is 0 Å². The highest BCUT2D eigenvalue weighted by molar-refractivity contribution is 9.10. The monoisotopic (exact) mass is 353 g/mol. The molecule has 1 aromatic heterocycles. The first-order valence-electron chi connectivity index (χ1n) is 6.13. The Kier molecular flexibility index (Phi) is 4.57. The molecule has 6 heteroatoms. The lowest BCUT2D eigenvalue weighted by Gasteiger charge is -2.24. The first kappa shape index (κ1) is 15.2. The maximum Gasteiger partial charge on any atom is 0.244 e. The van der Waals surface area contributed by atoms with E-state index < -0.39 is 5.54 Å². The Morgan fingerprint density at radius 2 is 2.10 bits per heavy atom. The molecule has 0 aliphatic rings. The number of aromatic nitrogens is 1. The number of hydrogen-bond donors (Lipinski definition) is 2. The van der Waals surface area contributed by atoms with Crippen molar-refractivity contribution < 1.29 is 4.79 Å². The summed E-state index contributed by atoms with van der Waals surface area (Å²) < 4.78 is 0.956. The highest BCUT2D eigenvalue weighted by Gasteiger charge is 2.30. The van der Waals surface area contributed by atoms with Gasteiger partial charge in [0.1, 0.15) is 5.54 Å². The van der Waals surface area contributed by atoms with E-state index in [1.165, 1.54) is 11.3 Å². The van der Waals surface area contributed by atoms with Crippen LogP contribution in [0.3, 0.4) is 0 Å². The van der Waals surface area contributed by atoms with Crippen LogP contribution >= 0.6 is 27.3 Å². The summed E-state index contributed by atoms with van der Waals surface area (Å²) in [5.74, 6) is -0.201. The summed E-state index contributed by atoms with van der Waals surface area (Å²) >= 11 is 4.89. The van der Waals surface area contributed by atoms with Crippen LogP contribution in [-0.2, 0) is 16.9 Å². The van der Waals surface area contributed by atoms with Crippen molar-refractivity contribution >= 4 is 33.2 Å². The molecule has 0 saturated carbocycles. The van der Waals surface area contributed by atoms with Gasteiger partial charge >= 0.3 is 0 Å². The highest BCUT2D eigenvalue weighted by Crippen LogP contribution is 2.21. The number of amides is 1. The molecule has 2 aromatic rings. The fourth-order valence-corrected chi connectivity index (χ4v) is 2.75. The van der Waals surface area contributed by atoms with Crippen molar-refractivity contribution in [3.05, 3.63) is 50.4 Å². The topological polar surface area (TPSA) is 68.0 Å². The molecule has 0 aliphatic carbocycles. The Labute approximate surface area is 130 Å². The zero-order valence-corrected chi connectivity index (χ0v) is 13.7. The highest BCUT2D eigenvalue weighted by atomic mass is 79.9. The van der Waals surface area contributed by atoms with Gasteiger partial charge in [-0.2, -0.15) is 0 Å². The van der Waals surface area contributed by atoms with Crippen LogP contribution in [0, 0.1) is 6.92 Å². The third-order valence-electron chi connectivity index (χ3n) is 3.17. The van der Waals surface area contributed by atoms with Crippen molar-refractivity contribution in [2.45, 2.75) is 25.9 Å². The van der Waals surface area contributed by atoms with Gasteiger partial charge in [-0.25, -0.2) is 4.98 Å². The van der Waals surface area contributed by atoms with E-state index in [2.05, 4.69) is 26.2 Å². The molecule has 1 unspecified atom stereocenters. The smallest absolute Gasteiger partial charge is 0.244 e. The maximum absolute atomic E-state index is 12.3. The van der Waals surface area contributed by atoms with E-state index in [1.807, 2.05) is 31.2 Å². The molecule has 0 spiro atoms. The molecule has 106 valence electrons. The molecule has 4 nitrogen and oxygen atoms in total. The first-order valence-corrected chi connectivity index (χ1v) is 7.80. The third-order valence-corrected chi connectivity index (χ3v) is 4.63.